The number of alkyl halides is 2. The minimum atomic E-state index is -2.67. The highest BCUT2D eigenvalue weighted by molar-refractivity contribution is 6.23. The fourth-order valence-electron chi connectivity index (χ4n) is 9.69. The third kappa shape index (κ3) is 9.00. The van der Waals surface area contributed by atoms with Gasteiger partial charge in [0.05, 0.1) is 44.0 Å². The number of urea groups is 1. The second-order valence-electron chi connectivity index (χ2n) is 17.0. The number of fused-ring (bicyclic) bond motifs is 2. The number of ether oxygens (including phenoxy) is 2. The number of nitrogens with one attached hydrogen (secondary N) is 2. The summed E-state index contributed by atoms with van der Waals surface area (Å²) in [6.45, 7) is 6.48. The van der Waals surface area contributed by atoms with Crippen LogP contribution in [0.25, 0.3) is 11.1 Å². The van der Waals surface area contributed by atoms with Gasteiger partial charge in [-0.1, -0.05) is 0 Å². The highest BCUT2D eigenvalue weighted by Crippen LogP contribution is 2.39. The molecule has 1 atom stereocenters. The number of imide groups is 2. The van der Waals surface area contributed by atoms with Crippen molar-refractivity contribution in [2.24, 2.45) is 13.0 Å². The van der Waals surface area contributed by atoms with Gasteiger partial charge in [0.15, 0.2) is 0 Å². The number of carbonyl (C=O) groups excluding carboxylic acids is 5. The van der Waals surface area contributed by atoms with Crippen LogP contribution in [0.4, 0.5) is 19.3 Å². The number of benzene rings is 2. The largest absolute Gasteiger partial charge is 0.496 e. The third-order valence-corrected chi connectivity index (χ3v) is 13.3. The topological polar surface area (TPSA) is 166 Å². The molecule has 0 radical (unpaired) electrons. The molecule has 6 amide bonds. The van der Waals surface area contributed by atoms with E-state index >= 15 is 0 Å². The molecular weight excluding hydrogens is 819 g/mol. The molecule has 6 heterocycles. The van der Waals surface area contributed by atoms with Crippen LogP contribution in [0.3, 0.4) is 0 Å². The summed E-state index contributed by atoms with van der Waals surface area (Å²) in [5.74, 6) is -0.108. The van der Waals surface area contributed by atoms with E-state index in [1.54, 1.807) is 39.6 Å². The first-order chi connectivity index (χ1) is 30.3. The Kier molecular flexibility index (Phi) is 12.8. The maximum atomic E-state index is 13.4. The summed E-state index contributed by atoms with van der Waals surface area (Å²) >= 11 is 0. The Labute approximate surface area is 364 Å². The summed E-state index contributed by atoms with van der Waals surface area (Å²) in [6, 6.07) is 7.63. The Bertz CT molecular complexity index is 2330. The van der Waals surface area contributed by atoms with E-state index in [9.17, 15) is 37.5 Å². The average molecular weight is 873 g/mol. The predicted octanol–water partition coefficient (Wildman–Crippen LogP) is 3.23. The van der Waals surface area contributed by atoms with Crippen molar-refractivity contribution >= 4 is 35.3 Å². The number of piperazine rings is 1. The summed E-state index contributed by atoms with van der Waals surface area (Å²) in [4.78, 5) is 86.0. The van der Waals surface area contributed by atoms with Crippen LogP contribution < -0.4 is 30.6 Å². The van der Waals surface area contributed by atoms with Crippen LogP contribution in [-0.4, -0.2) is 139 Å². The van der Waals surface area contributed by atoms with Gasteiger partial charge in [-0.25, -0.2) is 13.6 Å². The SMILES string of the molecule is COc1cc(-c2cn(C)c(=O)c3c2CCN(C(=O)NCC(F)F)C3)cc(OC)c1CN1CCN(CCC2CCN(c3ccc4c(c3)C(=O)N(C3CCC(=O)NC3=O)C4=O)CC2)CC1. The molecule has 0 bridgehead atoms. The third-order valence-electron chi connectivity index (χ3n) is 13.3. The van der Waals surface area contributed by atoms with Crippen molar-refractivity contribution < 1.29 is 42.2 Å². The molecule has 2 aromatic carbocycles. The molecule has 0 aliphatic carbocycles. The van der Waals surface area contributed by atoms with E-state index in [-0.39, 0.29) is 37.1 Å². The average Bonchev–Trinajstić information content (AvgIpc) is 3.53. The molecular formula is C45H54F2N8O8. The Morgan fingerprint density at radius 3 is 2.17 bits per heavy atom. The molecule has 1 unspecified atom stereocenters. The van der Waals surface area contributed by atoms with Gasteiger partial charge in [-0.3, -0.25) is 39.1 Å². The zero-order valence-corrected chi connectivity index (χ0v) is 35.9. The summed E-state index contributed by atoms with van der Waals surface area (Å²) in [5.41, 5.74) is 5.05. The van der Waals surface area contributed by atoms with Crippen LogP contribution in [-0.2, 0) is 36.1 Å². The molecule has 5 aliphatic rings. The van der Waals surface area contributed by atoms with Gasteiger partial charge in [0, 0.05) is 88.8 Å². The minimum absolute atomic E-state index is 0.0182. The number of amides is 6. The quantitative estimate of drug-likeness (QED) is 0.257. The Morgan fingerprint density at radius 2 is 1.51 bits per heavy atom. The molecule has 3 fully saturated rings. The lowest BCUT2D eigenvalue weighted by atomic mass is 9.91. The van der Waals surface area contributed by atoms with Gasteiger partial charge in [-0.15, -0.1) is 0 Å². The van der Waals surface area contributed by atoms with Crippen molar-refractivity contribution in [1.82, 2.24) is 34.8 Å². The monoisotopic (exact) mass is 872 g/mol. The van der Waals surface area contributed by atoms with Crippen molar-refractivity contribution in [2.75, 3.05) is 78.0 Å². The van der Waals surface area contributed by atoms with Crippen molar-refractivity contribution in [3.63, 3.8) is 0 Å². The van der Waals surface area contributed by atoms with Gasteiger partial charge in [-0.05, 0) is 86.0 Å². The summed E-state index contributed by atoms with van der Waals surface area (Å²) in [7, 11) is 4.91. The standard InChI is InChI=1S/C45H54F2N8O8/c1-50-24-33(30-11-15-54(26-34(30)42(50)58)45(61)48-23-39(46)47)28-20-37(62-2)35(38(21-28)63-3)25-52-18-16-51(17-19-52)12-8-27-9-13-53(14-10-27)29-4-5-31-32(22-29)44(60)55(43(31)59)36-6-7-40(56)49-41(36)57/h4-5,20-22,24,27,36,39H,6-19,23,25-26H2,1-3H3,(H,48,61)(H,49,56,57). The van der Waals surface area contributed by atoms with E-state index in [0.29, 0.717) is 41.5 Å². The van der Waals surface area contributed by atoms with E-state index in [1.165, 1.54) is 9.47 Å². The van der Waals surface area contributed by atoms with Crippen molar-refractivity contribution in [3.8, 4) is 22.6 Å². The molecule has 1 aromatic heterocycles. The van der Waals surface area contributed by atoms with Gasteiger partial charge in [-0.2, -0.15) is 0 Å². The molecule has 18 heteroatoms. The Morgan fingerprint density at radius 1 is 0.825 bits per heavy atom. The van der Waals surface area contributed by atoms with Crippen LogP contribution in [0.1, 0.15) is 69.5 Å². The number of halogens is 2. The predicted molar refractivity (Wildman–Crippen MR) is 228 cm³/mol. The van der Waals surface area contributed by atoms with Crippen LogP contribution >= 0.6 is 0 Å². The first-order valence-electron chi connectivity index (χ1n) is 21.7. The molecule has 3 saturated heterocycles. The fraction of sp³-hybridized carbons (Fsp3) is 0.511. The molecule has 16 nitrogen and oxygen atoms in total. The number of piperidine rings is 2. The fourth-order valence-corrected chi connectivity index (χ4v) is 9.69. The van der Waals surface area contributed by atoms with Gasteiger partial charge in [0.25, 0.3) is 23.8 Å². The van der Waals surface area contributed by atoms with Gasteiger partial charge >= 0.3 is 6.03 Å². The first-order valence-corrected chi connectivity index (χ1v) is 21.7. The lowest BCUT2D eigenvalue weighted by Crippen LogP contribution is -2.54. The lowest BCUT2D eigenvalue weighted by molar-refractivity contribution is -0.136. The number of nitrogens with zero attached hydrogens (tertiary/aromatic N) is 6. The molecule has 5 aliphatic heterocycles. The second kappa shape index (κ2) is 18.5. The number of methoxy groups -OCH3 is 2. The molecule has 0 spiro atoms. The number of hydrogen-bond donors (Lipinski definition) is 2. The Balaban J connectivity index is 0.836. The molecule has 0 saturated carbocycles. The summed E-state index contributed by atoms with van der Waals surface area (Å²) in [6.07, 6.45) is 2.84. The number of pyridine rings is 1. The Hall–Kier alpha value is -5.88. The number of hydrogen-bond acceptors (Lipinski definition) is 11. The van der Waals surface area contributed by atoms with Crippen molar-refractivity contribution in [3.05, 3.63) is 74.7 Å². The molecule has 8 rings (SSSR count). The van der Waals surface area contributed by atoms with Gasteiger partial charge in [0.2, 0.25) is 11.8 Å². The molecule has 3 aromatic rings. The van der Waals surface area contributed by atoms with Crippen molar-refractivity contribution in [2.45, 2.75) is 64.1 Å². The van der Waals surface area contributed by atoms with Crippen LogP contribution in [0.5, 0.6) is 11.5 Å². The number of anilines is 1. The highest BCUT2D eigenvalue weighted by Gasteiger charge is 2.45. The zero-order chi connectivity index (χ0) is 44.5. The summed E-state index contributed by atoms with van der Waals surface area (Å²) < 4.78 is 38.9. The van der Waals surface area contributed by atoms with E-state index in [0.717, 1.165) is 97.9 Å². The van der Waals surface area contributed by atoms with Crippen LogP contribution in [0.2, 0.25) is 0 Å². The van der Waals surface area contributed by atoms with Gasteiger partial charge < -0.3 is 34.1 Å². The molecule has 336 valence electrons. The molecule has 63 heavy (non-hydrogen) atoms. The van der Waals surface area contributed by atoms with Crippen LogP contribution in [0, 0.1) is 5.92 Å². The normalized spacial score (nSPS) is 20.0. The number of rotatable bonds is 12. The number of carbonyl (C=O) groups is 5. The van der Waals surface area contributed by atoms with E-state index in [1.807, 2.05) is 18.2 Å². The highest BCUT2D eigenvalue weighted by atomic mass is 19.3. The maximum Gasteiger partial charge on any atom is 0.317 e. The van der Waals surface area contributed by atoms with Crippen molar-refractivity contribution in [1.29, 1.82) is 0 Å². The van der Waals surface area contributed by atoms with E-state index in [4.69, 9.17) is 9.47 Å². The second-order valence-corrected chi connectivity index (χ2v) is 17.0. The minimum Gasteiger partial charge on any atom is -0.496 e. The van der Waals surface area contributed by atoms with E-state index < -0.39 is 48.7 Å². The zero-order valence-electron chi connectivity index (χ0n) is 35.9. The lowest BCUT2D eigenvalue weighted by Gasteiger charge is -2.37. The number of aryl methyl sites for hydroxylation is 1. The smallest absolute Gasteiger partial charge is 0.317 e. The van der Waals surface area contributed by atoms with Crippen LogP contribution in [0.15, 0.2) is 41.3 Å². The summed E-state index contributed by atoms with van der Waals surface area (Å²) in [5, 5.41) is 4.48. The molecule has 2 N–H and O–H groups in total. The first kappa shape index (κ1) is 43.8. The van der Waals surface area contributed by atoms with Gasteiger partial charge in [0.1, 0.15) is 17.5 Å². The maximum absolute atomic E-state index is 13.4. The van der Waals surface area contributed by atoms with E-state index in [2.05, 4.69) is 25.3 Å². The number of aromatic nitrogens is 1.